The van der Waals surface area contributed by atoms with Crippen LogP contribution < -0.4 is 5.32 Å². The van der Waals surface area contributed by atoms with Crippen LogP contribution in [0.1, 0.15) is 20.7 Å². The van der Waals surface area contributed by atoms with Crippen molar-refractivity contribution in [2.24, 2.45) is 0 Å². The molecule has 118 valence electrons. The van der Waals surface area contributed by atoms with Gasteiger partial charge >= 0.3 is 0 Å². The van der Waals surface area contributed by atoms with Gasteiger partial charge in [-0.2, -0.15) is 0 Å². The van der Waals surface area contributed by atoms with Gasteiger partial charge in [0.25, 0.3) is 5.91 Å². The Morgan fingerprint density at radius 3 is 2.33 bits per heavy atom. The number of benzene rings is 3. The van der Waals surface area contributed by atoms with Crippen molar-refractivity contribution in [1.29, 1.82) is 0 Å². The molecule has 0 fully saturated rings. The SMILES string of the molecule is O=Cc1ccc(-c2cccc(O)c2)cc1NC(=O)c1ccccc1. The van der Waals surface area contributed by atoms with Crippen molar-refractivity contribution in [1.82, 2.24) is 0 Å². The molecule has 3 aromatic carbocycles. The van der Waals surface area contributed by atoms with Gasteiger partial charge in [-0.05, 0) is 47.5 Å². The van der Waals surface area contributed by atoms with Crippen molar-refractivity contribution >= 4 is 17.9 Å². The molecule has 0 aliphatic rings. The summed E-state index contributed by atoms with van der Waals surface area (Å²) in [5, 5.41) is 12.4. The first kappa shape index (κ1) is 15.5. The average molecular weight is 317 g/mol. The van der Waals surface area contributed by atoms with Crippen LogP contribution in [0, 0.1) is 0 Å². The molecule has 0 unspecified atom stereocenters. The van der Waals surface area contributed by atoms with Crippen molar-refractivity contribution in [2.45, 2.75) is 0 Å². The topological polar surface area (TPSA) is 66.4 Å². The number of anilines is 1. The number of aldehydes is 1. The van der Waals surface area contributed by atoms with E-state index in [0.717, 1.165) is 11.1 Å². The fourth-order valence-electron chi connectivity index (χ4n) is 2.42. The molecule has 3 rings (SSSR count). The van der Waals surface area contributed by atoms with Crippen LogP contribution in [0.5, 0.6) is 5.75 Å². The maximum atomic E-state index is 12.3. The summed E-state index contributed by atoms with van der Waals surface area (Å²) in [6.45, 7) is 0. The molecular formula is C20H15NO3. The molecule has 0 spiro atoms. The maximum Gasteiger partial charge on any atom is 0.255 e. The summed E-state index contributed by atoms with van der Waals surface area (Å²) in [7, 11) is 0. The van der Waals surface area contributed by atoms with Gasteiger partial charge in [-0.3, -0.25) is 9.59 Å². The molecule has 0 saturated heterocycles. The number of hydrogen-bond donors (Lipinski definition) is 2. The van der Waals surface area contributed by atoms with Gasteiger partial charge in [0.1, 0.15) is 5.75 Å². The van der Waals surface area contributed by atoms with Crippen LogP contribution in [0.15, 0.2) is 72.8 Å². The van der Waals surface area contributed by atoms with Gasteiger partial charge in [0, 0.05) is 11.1 Å². The number of rotatable bonds is 4. The first-order valence-corrected chi connectivity index (χ1v) is 7.42. The van der Waals surface area contributed by atoms with E-state index in [-0.39, 0.29) is 11.7 Å². The third-order valence-corrected chi connectivity index (χ3v) is 3.64. The zero-order valence-corrected chi connectivity index (χ0v) is 12.8. The van der Waals surface area contributed by atoms with E-state index in [2.05, 4.69) is 5.32 Å². The first-order chi connectivity index (χ1) is 11.7. The molecule has 3 aromatic rings. The number of phenols is 1. The van der Waals surface area contributed by atoms with Crippen LogP contribution >= 0.6 is 0 Å². The predicted octanol–water partition coefficient (Wildman–Crippen LogP) is 4.12. The quantitative estimate of drug-likeness (QED) is 0.711. The Labute approximate surface area is 139 Å². The molecule has 4 nitrogen and oxygen atoms in total. The van der Waals surface area contributed by atoms with Gasteiger partial charge in [0.05, 0.1) is 5.69 Å². The van der Waals surface area contributed by atoms with Crippen LogP contribution in [0.4, 0.5) is 5.69 Å². The van der Waals surface area contributed by atoms with Gasteiger partial charge in [0.15, 0.2) is 6.29 Å². The standard InChI is InChI=1S/C20H15NO3/c22-13-17-10-9-16(15-7-4-8-18(23)11-15)12-19(17)21-20(24)14-5-2-1-3-6-14/h1-13,23H,(H,21,24). The molecule has 0 radical (unpaired) electrons. The molecule has 0 aliphatic carbocycles. The number of carbonyl (C=O) groups is 2. The largest absolute Gasteiger partial charge is 0.508 e. The summed E-state index contributed by atoms with van der Waals surface area (Å²) in [6, 6.07) is 20.7. The summed E-state index contributed by atoms with van der Waals surface area (Å²) in [5.41, 5.74) is 2.92. The van der Waals surface area contributed by atoms with Gasteiger partial charge in [-0.15, -0.1) is 0 Å². The Balaban J connectivity index is 1.96. The molecule has 2 N–H and O–H groups in total. The monoisotopic (exact) mass is 317 g/mol. The van der Waals surface area contributed by atoms with E-state index in [1.54, 1.807) is 60.7 Å². The van der Waals surface area contributed by atoms with E-state index in [4.69, 9.17) is 0 Å². The fraction of sp³-hybridized carbons (Fsp3) is 0. The molecule has 4 heteroatoms. The molecule has 0 aliphatic heterocycles. The number of hydrogen-bond acceptors (Lipinski definition) is 3. The van der Waals surface area contributed by atoms with Gasteiger partial charge in [-0.25, -0.2) is 0 Å². The fourth-order valence-corrected chi connectivity index (χ4v) is 2.42. The van der Waals surface area contributed by atoms with Crippen molar-refractivity contribution < 1.29 is 14.7 Å². The maximum absolute atomic E-state index is 12.3. The molecular weight excluding hydrogens is 302 g/mol. The normalized spacial score (nSPS) is 10.2. The van der Waals surface area contributed by atoms with Gasteiger partial charge < -0.3 is 10.4 Å². The predicted molar refractivity (Wildman–Crippen MR) is 93.3 cm³/mol. The zero-order valence-electron chi connectivity index (χ0n) is 12.8. The summed E-state index contributed by atoms with van der Waals surface area (Å²) < 4.78 is 0. The summed E-state index contributed by atoms with van der Waals surface area (Å²) in [5.74, 6) is -0.131. The number of aromatic hydroxyl groups is 1. The Hall–Kier alpha value is -3.40. The van der Waals surface area contributed by atoms with Crippen LogP contribution in [-0.2, 0) is 0 Å². The van der Waals surface area contributed by atoms with Gasteiger partial charge in [-0.1, -0.05) is 36.4 Å². The second-order valence-electron chi connectivity index (χ2n) is 5.29. The van der Waals surface area contributed by atoms with Crippen molar-refractivity contribution in [2.75, 3.05) is 5.32 Å². The van der Waals surface area contributed by atoms with Gasteiger partial charge in [0.2, 0.25) is 0 Å². The second kappa shape index (κ2) is 6.79. The van der Waals surface area contributed by atoms with Crippen LogP contribution in [0.25, 0.3) is 11.1 Å². The zero-order chi connectivity index (χ0) is 16.9. The van der Waals surface area contributed by atoms with Crippen LogP contribution in [0.3, 0.4) is 0 Å². The molecule has 0 aromatic heterocycles. The first-order valence-electron chi connectivity index (χ1n) is 7.42. The molecule has 0 saturated carbocycles. The van der Waals surface area contributed by atoms with Crippen molar-refractivity contribution in [3.05, 3.63) is 83.9 Å². The second-order valence-corrected chi connectivity index (χ2v) is 5.29. The third kappa shape index (κ3) is 3.33. The minimum absolute atomic E-state index is 0.154. The summed E-state index contributed by atoms with van der Waals surface area (Å²) in [4.78, 5) is 23.6. The number of nitrogens with one attached hydrogen (secondary N) is 1. The van der Waals surface area contributed by atoms with E-state index >= 15 is 0 Å². The molecule has 0 atom stereocenters. The van der Waals surface area contributed by atoms with Crippen LogP contribution in [-0.4, -0.2) is 17.3 Å². The molecule has 0 bridgehead atoms. The Morgan fingerprint density at radius 2 is 1.62 bits per heavy atom. The van der Waals surface area contributed by atoms with Crippen molar-refractivity contribution in [3.8, 4) is 16.9 Å². The van der Waals surface area contributed by atoms with E-state index in [1.807, 2.05) is 12.1 Å². The lowest BCUT2D eigenvalue weighted by atomic mass is 10.0. The third-order valence-electron chi connectivity index (χ3n) is 3.64. The van der Waals surface area contributed by atoms with Crippen LogP contribution in [0.2, 0.25) is 0 Å². The smallest absolute Gasteiger partial charge is 0.255 e. The number of amides is 1. The van der Waals surface area contributed by atoms with E-state index in [9.17, 15) is 14.7 Å². The minimum atomic E-state index is -0.285. The highest BCUT2D eigenvalue weighted by Gasteiger charge is 2.10. The Bertz CT molecular complexity index is 888. The summed E-state index contributed by atoms with van der Waals surface area (Å²) in [6.07, 6.45) is 0.701. The highest BCUT2D eigenvalue weighted by Crippen LogP contribution is 2.27. The molecule has 1 amide bonds. The lowest BCUT2D eigenvalue weighted by Gasteiger charge is -2.10. The number of phenolic OH excluding ortho intramolecular Hbond substituents is 1. The highest BCUT2D eigenvalue weighted by molar-refractivity contribution is 6.06. The van der Waals surface area contributed by atoms with E-state index in [0.29, 0.717) is 23.1 Å². The highest BCUT2D eigenvalue weighted by atomic mass is 16.3. The Kier molecular flexibility index (Phi) is 4.38. The van der Waals surface area contributed by atoms with E-state index in [1.165, 1.54) is 0 Å². The van der Waals surface area contributed by atoms with Crippen molar-refractivity contribution in [3.63, 3.8) is 0 Å². The molecule has 0 heterocycles. The van der Waals surface area contributed by atoms with E-state index < -0.39 is 0 Å². The number of carbonyl (C=O) groups excluding carboxylic acids is 2. The lowest BCUT2D eigenvalue weighted by Crippen LogP contribution is -2.13. The lowest BCUT2D eigenvalue weighted by molar-refractivity contribution is 0.102. The molecule has 24 heavy (non-hydrogen) atoms. The Morgan fingerprint density at radius 1 is 0.875 bits per heavy atom. The minimum Gasteiger partial charge on any atom is -0.508 e. The average Bonchev–Trinajstić information content (AvgIpc) is 2.62. The summed E-state index contributed by atoms with van der Waals surface area (Å²) >= 11 is 0.